The molecule has 0 saturated heterocycles. The van der Waals surface area contributed by atoms with E-state index in [1.54, 1.807) is 12.1 Å². The fourth-order valence-corrected chi connectivity index (χ4v) is 2.65. The molecule has 150 valence electrons. The van der Waals surface area contributed by atoms with Crippen molar-refractivity contribution >= 4 is 35.0 Å². The van der Waals surface area contributed by atoms with E-state index in [0.29, 0.717) is 22.2 Å². The van der Waals surface area contributed by atoms with Crippen molar-refractivity contribution < 1.29 is 27.5 Å². The molecule has 0 aromatic heterocycles. The number of alkyl halides is 3. The minimum Gasteiger partial charge on any atom is -0.492 e. The van der Waals surface area contributed by atoms with Crippen LogP contribution in [-0.4, -0.2) is 18.4 Å². The molecule has 0 saturated carbocycles. The number of amides is 2. The van der Waals surface area contributed by atoms with Crippen LogP contribution >= 0.6 is 23.2 Å². The lowest BCUT2D eigenvalue weighted by Crippen LogP contribution is -2.42. The maximum atomic E-state index is 12.9. The van der Waals surface area contributed by atoms with Crippen LogP contribution in [0.1, 0.15) is 28.8 Å². The van der Waals surface area contributed by atoms with Gasteiger partial charge in [-0.25, -0.2) is 0 Å². The number of halogens is 5. The van der Waals surface area contributed by atoms with Gasteiger partial charge in [0.2, 0.25) is 5.91 Å². The summed E-state index contributed by atoms with van der Waals surface area (Å²) in [7, 11) is 0. The van der Waals surface area contributed by atoms with E-state index in [4.69, 9.17) is 27.9 Å². The Balaban J connectivity index is 1.78. The monoisotopic (exact) mass is 434 g/mol. The zero-order chi connectivity index (χ0) is 20.7. The number of nitrogens with one attached hydrogen (secondary N) is 2. The topological polar surface area (TPSA) is 67.4 Å². The van der Waals surface area contributed by atoms with Crippen molar-refractivity contribution in [3.63, 3.8) is 0 Å². The van der Waals surface area contributed by atoms with Gasteiger partial charge in [0.05, 0.1) is 22.8 Å². The molecule has 2 rings (SSSR count). The van der Waals surface area contributed by atoms with Crippen LogP contribution in [0.4, 0.5) is 13.2 Å². The molecule has 0 radical (unpaired) electrons. The Hall–Kier alpha value is -2.45. The first-order chi connectivity index (χ1) is 13.2. The van der Waals surface area contributed by atoms with Gasteiger partial charge < -0.3 is 4.74 Å². The van der Waals surface area contributed by atoms with Crippen molar-refractivity contribution in [3.8, 4) is 5.75 Å². The van der Waals surface area contributed by atoms with E-state index >= 15 is 0 Å². The lowest BCUT2D eigenvalue weighted by atomic mass is 10.1. The first-order valence-corrected chi connectivity index (χ1v) is 8.77. The summed E-state index contributed by atoms with van der Waals surface area (Å²) in [6, 6.07) is 8.98. The summed E-state index contributed by atoms with van der Waals surface area (Å²) in [5.74, 6) is -1.24. The summed E-state index contributed by atoms with van der Waals surface area (Å²) in [4.78, 5) is 23.7. The Labute approximate surface area is 168 Å². The highest BCUT2D eigenvalue weighted by Crippen LogP contribution is 2.31. The number of carbonyl (C=O) groups is 2. The fourth-order valence-electron chi connectivity index (χ4n) is 2.19. The number of ether oxygens (including phenoxy) is 1. The Morgan fingerprint density at radius 1 is 1.04 bits per heavy atom. The van der Waals surface area contributed by atoms with Gasteiger partial charge in [0.1, 0.15) is 5.75 Å². The van der Waals surface area contributed by atoms with Gasteiger partial charge in [0, 0.05) is 11.4 Å². The molecule has 0 aliphatic carbocycles. The zero-order valence-electron chi connectivity index (χ0n) is 14.3. The molecule has 28 heavy (non-hydrogen) atoms. The first-order valence-electron chi connectivity index (χ1n) is 8.01. The van der Waals surface area contributed by atoms with Crippen molar-refractivity contribution in [2.24, 2.45) is 0 Å². The third-order valence-corrected chi connectivity index (χ3v) is 4.02. The molecular weight excluding hydrogens is 420 g/mol. The SMILES string of the molecule is O=C(CCCOc1ccc(Cl)cc1Cl)NNC(=O)c1ccccc1C(F)(F)F. The minimum atomic E-state index is -4.68. The summed E-state index contributed by atoms with van der Waals surface area (Å²) in [6.07, 6.45) is -4.41. The van der Waals surface area contributed by atoms with E-state index in [0.717, 1.165) is 12.1 Å². The highest BCUT2D eigenvalue weighted by atomic mass is 35.5. The molecule has 2 N–H and O–H groups in total. The molecule has 0 atom stereocenters. The number of hydrazine groups is 1. The van der Waals surface area contributed by atoms with E-state index in [9.17, 15) is 22.8 Å². The minimum absolute atomic E-state index is 0.0214. The van der Waals surface area contributed by atoms with Gasteiger partial charge in [-0.15, -0.1) is 0 Å². The lowest BCUT2D eigenvalue weighted by Gasteiger charge is -2.13. The zero-order valence-corrected chi connectivity index (χ0v) is 15.8. The second-order valence-corrected chi connectivity index (χ2v) is 6.42. The van der Waals surface area contributed by atoms with Crippen molar-refractivity contribution in [2.75, 3.05) is 6.61 Å². The van der Waals surface area contributed by atoms with E-state index in [1.807, 2.05) is 5.43 Å². The number of benzene rings is 2. The lowest BCUT2D eigenvalue weighted by molar-refractivity contribution is -0.137. The molecule has 0 heterocycles. The van der Waals surface area contributed by atoms with E-state index in [1.165, 1.54) is 18.2 Å². The van der Waals surface area contributed by atoms with Crippen LogP contribution in [0.3, 0.4) is 0 Å². The molecule has 10 heteroatoms. The summed E-state index contributed by atoms with van der Waals surface area (Å²) in [5, 5.41) is 0.784. The third kappa shape index (κ3) is 6.31. The van der Waals surface area contributed by atoms with Gasteiger partial charge in [-0.2, -0.15) is 13.2 Å². The van der Waals surface area contributed by atoms with Gasteiger partial charge in [0.15, 0.2) is 0 Å². The van der Waals surface area contributed by atoms with Gasteiger partial charge >= 0.3 is 6.18 Å². The quantitative estimate of drug-likeness (QED) is 0.514. The molecule has 0 aliphatic rings. The van der Waals surface area contributed by atoms with Crippen molar-refractivity contribution in [3.05, 3.63) is 63.6 Å². The molecule has 0 fully saturated rings. The summed E-state index contributed by atoms with van der Waals surface area (Å²) >= 11 is 11.7. The highest BCUT2D eigenvalue weighted by Gasteiger charge is 2.34. The molecule has 0 bridgehead atoms. The molecule has 2 aromatic carbocycles. The van der Waals surface area contributed by atoms with Crippen LogP contribution in [0.15, 0.2) is 42.5 Å². The van der Waals surface area contributed by atoms with Crippen LogP contribution in [0.5, 0.6) is 5.75 Å². The summed E-state index contributed by atoms with van der Waals surface area (Å²) in [5.41, 5.74) is 2.37. The van der Waals surface area contributed by atoms with Crippen LogP contribution in [0.25, 0.3) is 0 Å². The Kier molecular flexibility index (Phi) is 7.53. The van der Waals surface area contributed by atoms with Gasteiger partial charge in [-0.05, 0) is 36.8 Å². The van der Waals surface area contributed by atoms with Crippen LogP contribution in [-0.2, 0) is 11.0 Å². The molecule has 5 nitrogen and oxygen atoms in total. The molecular formula is C18H15Cl2F3N2O3. The Bertz CT molecular complexity index is 860. The molecule has 0 unspecified atom stereocenters. The van der Waals surface area contributed by atoms with E-state index in [2.05, 4.69) is 5.43 Å². The van der Waals surface area contributed by atoms with Crippen LogP contribution < -0.4 is 15.6 Å². The highest BCUT2D eigenvalue weighted by molar-refractivity contribution is 6.35. The first kappa shape index (κ1) is 21.8. The molecule has 2 amide bonds. The van der Waals surface area contributed by atoms with Crippen molar-refractivity contribution in [1.29, 1.82) is 0 Å². The standard InChI is InChI=1S/C18H15Cl2F3N2O3/c19-11-7-8-15(14(20)10-11)28-9-3-6-16(26)24-25-17(27)12-4-1-2-5-13(12)18(21,22)23/h1-2,4-5,7-8,10H,3,6,9H2,(H,24,26)(H,25,27). The smallest absolute Gasteiger partial charge is 0.417 e. The number of carbonyl (C=O) groups excluding carboxylic acids is 2. The van der Waals surface area contributed by atoms with E-state index in [-0.39, 0.29) is 13.0 Å². The van der Waals surface area contributed by atoms with E-state index < -0.39 is 29.1 Å². The number of rotatable bonds is 6. The Morgan fingerprint density at radius 3 is 2.43 bits per heavy atom. The van der Waals surface area contributed by atoms with Crippen LogP contribution in [0, 0.1) is 0 Å². The normalized spacial score (nSPS) is 11.0. The summed E-state index contributed by atoms with van der Waals surface area (Å²) in [6.45, 7) is 0.166. The predicted octanol–water partition coefficient (Wildman–Crippen LogP) is 4.63. The Morgan fingerprint density at radius 2 is 1.75 bits per heavy atom. The van der Waals surface area contributed by atoms with Crippen molar-refractivity contribution in [2.45, 2.75) is 19.0 Å². The molecule has 0 aliphatic heterocycles. The van der Waals surface area contributed by atoms with Gasteiger partial charge in [-0.3, -0.25) is 20.4 Å². The second-order valence-electron chi connectivity index (χ2n) is 5.57. The average molecular weight is 435 g/mol. The number of hydrogen-bond donors (Lipinski definition) is 2. The number of hydrogen-bond acceptors (Lipinski definition) is 3. The summed E-state index contributed by atoms with van der Waals surface area (Å²) < 4.78 is 44.1. The molecule has 2 aromatic rings. The van der Waals surface area contributed by atoms with Crippen LogP contribution in [0.2, 0.25) is 10.0 Å². The van der Waals surface area contributed by atoms with Gasteiger partial charge in [0.25, 0.3) is 5.91 Å². The second kappa shape index (κ2) is 9.66. The fraction of sp³-hybridized carbons (Fsp3) is 0.222. The third-order valence-electron chi connectivity index (χ3n) is 3.49. The predicted molar refractivity (Wildman–Crippen MR) is 98.2 cm³/mol. The maximum Gasteiger partial charge on any atom is 0.417 e. The maximum absolute atomic E-state index is 12.9. The largest absolute Gasteiger partial charge is 0.492 e. The average Bonchev–Trinajstić information content (AvgIpc) is 2.64. The van der Waals surface area contributed by atoms with Gasteiger partial charge in [-0.1, -0.05) is 35.3 Å². The molecule has 0 spiro atoms. The van der Waals surface area contributed by atoms with Crippen molar-refractivity contribution in [1.82, 2.24) is 10.9 Å².